The van der Waals surface area contributed by atoms with Gasteiger partial charge in [0.1, 0.15) is 0 Å². The zero-order chi connectivity index (χ0) is 7.40. The van der Waals surface area contributed by atoms with Crippen LogP contribution in [0.3, 0.4) is 0 Å². The van der Waals surface area contributed by atoms with Crippen LogP contribution in [0.2, 0.25) is 0 Å². The third-order valence-electron chi connectivity index (χ3n) is 1.38. The van der Waals surface area contributed by atoms with Crippen molar-refractivity contribution in [1.82, 2.24) is 0 Å². The van der Waals surface area contributed by atoms with E-state index in [1.165, 1.54) is 16.5 Å². The lowest BCUT2D eigenvalue weighted by molar-refractivity contribution is 0.915. The van der Waals surface area contributed by atoms with Crippen LogP contribution < -0.4 is 0 Å². The Morgan fingerprint density at radius 1 is 1.60 bits per heavy atom. The Labute approximate surface area is 70.4 Å². The molecule has 0 aliphatic heterocycles. The van der Waals surface area contributed by atoms with Crippen molar-refractivity contribution in [2.24, 2.45) is 0 Å². The predicted octanol–water partition coefficient (Wildman–Crippen LogP) is 3.20. The standard InChI is InChI=1S/C9H10Br/c1-2-5-8-6-3-4-7-9(8)10/h3-4,7H,2,5H2,1H3. The van der Waals surface area contributed by atoms with Crippen molar-refractivity contribution in [2.45, 2.75) is 19.8 Å². The molecule has 0 unspecified atom stereocenters. The molecule has 0 amide bonds. The summed E-state index contributed by atoms with van der Waals surface area (Å²) in [5.74, 6) is 0. The van der Waals surface area contributed by atoms with Gasteiger partial charge in [-0.25, -0.2) is 0 Å². The monoisotopic (exact) mass is 197 g/mol. The number of hydrogen-bond acceptors (Lipinski definition) is 0. The third-order valence-corrected chi connectivity index (χ3v) is 2.13. The van der Waals surface area contributed by atoms with Gasteiger partial charge in [0.15, 0.2) is 0 Å². The quantitative estimate of drug-likeness (QED) is 0.684. The summed E-state index contributed by atoms with van der Waals surface area (Å²) in [4.78, 5) is 0. The van der Waals surface area contributed by atoms with Gasteiger partial charge < -0.3 is 0 Å². The van der Waals surface area contributed by atoms with Crippen LogP contribution in [0.25, 0.3) is 0 Å². The second-order valence-corrected chi connectivity index (χ2v) is 3.10. The van der Waals surface area contributed by atoms with Crippen LogP contribution in [-0.2, 0) is 6.42 Å². The number of hydrogen-bond donors (Lipinski definition) is 0. The maximum absolute atomic E-state index is 3.47. The molecule has 1 aromatic rings. The molecule has 0 fully saturated rings. The van der Waals surface area contributed by atoms with Gasteiger partial charge in [-0.1, -0.05) is 41.4 Å². The molecule has 1 rings (SSSR count). The summed E-state index contributed by atoms with van der Waals surface area (Å²) in [5, 5.41) is 0. The Morgan fingerprint density at radius 3 is 3.00 bits per heavy atom. The van der Waals surface area contributed by atoms with Crippen LogP contribution in [0, 0.1) is 6.07 Å². The third kappa shape index (κ3) is 1.84. The van der Waals surface area contributed by atoms with Gasteiger partial charge in [0, 0.05) is 4.47 Å². The average molecular weight is 198 g/mol. The first-order valence-corrected chi connectivity index (χ1v) is 4.29. The lowest BCUT2D eigenvalue weighted by Crippen LogP contribution is -1.83. The average Bonchev–Trinajstić information content (AvgIpc) is 1.94. The van der Waals surface area contributed by atoms with Crippen molar-refractivity contribution in [2.75, 3.05) is 0 Å². The molecule has 0 heterocycles. The number of rotatable bonds is 2. The molecule has 0 bridgehead atoms. The molecule has 0 spiro atoms. The van der Waals surface area contributed by atoms with Gasteiger partial charge in [-0.2, -0.15) is 0 Å². The summed E-state index contributed by atoms with van der Waals surface area (Å²) in [6.45, 7) is 2.17. The van der Waals surface area contributed by atoms with E-state index in [1.807, 2.05) is 12.1 Å². The van der Waals surface area contributed by atoms with E-state index in [9.17, 15) is 0 Å². The molecule has 1 aromatic carbocycles. The zero-order valence-electron chi connectivity index (χ0n) is 6.02. The van der Waals surface area contributed by atoms with Gasteiger partial charge in [-0.05, 0) is 24.1 Å². The topological polar surface area (TPSA) is 0 Å². The van der Waals surface area contributed by atoms with E-state index in [2.05, 4.69) is 35.0 Å². The SMILES string of the molecule is CCCc1[c]cccc1Br. The summed E-state index contributed by atoms with van der Waals surface area (Å²) in [7, 11) is 0. The fourth-order valence-electron chi connectivity index (χ4n) is 0.892. The first kappa shape index (κ1) is 7.80. The van der Waals surface area contributed by atoms with Crippen LogP contribution in [-0.4, -0.2) is 0 Å². The Kier molecular flexibility index (Phi) is 2.94. The van der Waals surface area contributed by atoms with Gasteiger partial charge in [0.05, 0.1) is 0 Å². The van der Waals surface area contributed by atoms with Crippen molar-refractivity contribution in [3.8, 4) is 0 Å². The maximum atomic E-state index is 3.47. The normalized spacial score (nSPS) is 9.80. The molecule has 0 saturated carbocycles. The maximum Gasteiger partial charge on any atom is 0.0213 e. The molecule has 0 N–H and O–H groups in total. The van der Waals surface area contributed by atoms with Crippen molar-refractivity contribution in [3.63, 3.8) is 0 Å². The minimum atomic E-state index is 1.11. The highest BCUT2D eigenvalue weighted by Gasteiger charge is 1.94. The molecule has 0 aliphatic rings. The van der Waals surface area contributed by atoms with Gasteiger partial charge >= 0.3 is 0 Å². The van der Waals surface area contributed by atoms with Crippen LogP contribution >= 0.6 is 15.9 Å². The fourth-order valence-corrected chi connectivity index (χ4v) is 1.36. The van der Waals surface area contributed by atoms with Crippen molar-refractivity contribution in [3.05, 3.63) is 34.3 Å². The highest BCUT2D eigenvalue weighted by atomic mass is 79.9. The highest BCUT2D eigenvalue weighted by Crippen LogP contribution is 2.16. The lowest BCUT2D eigenvalue weighted by atomic mass is 10.1. The van der Waals surface area contributed by atoms with E-state index < -0.39 is 0 Å². The molecule has 1 radical (unpaired) electrons. The Bertz CT molecular complexity index is 206. The second-order valence-electron chi connectivity index (χ2n) is 2.25. The highest BCUT2D eigenvalue weighted by molar-refractivity contribution is 9.10. The first-order chi connectivity index (χ1) is 4.84. The molecular formula is C9H10Br. The van der Waals surface area contributed by atoms with E-state index in [-0.39, 0.29) is 0 Å². The van der Waals surface area contributed by atoms with E-state index in [4.69, 9.17) is 0 Å². The smallest absolute Gasteiger partial charge is 0.0213 e. The fraction of sp³-hybridized carbons (Fsp3) is 0.333. The summed E-state index contributed by atoms with van der Waals surface area (Å²) in [5.41, 5.74) is 1.28. The molecule has 53 valence electrons. The van der Waals surface area contributed by atoms with Gasteiger partial charge in [0.2, 0.25) is 0 Å². The van der Waals surface area contributed by atoms with Crippen LogP contribution in [0.15, 0.2) is 22.7 Å². The number of aryl methyl sites for hydroxylation is 1. The Balaban J connectivity index is 2.81. The molecular weight excluding hydrogens is 188 g/mol. The van der Waals surface area contributed by atoms with Crippen molar-refractivity contribution >= 4 is 15.9 Å². The largest absolute Gasteiger partial charge is 0.0651 e. The molecule has 0 aliphatic carbocycles. The molecule has 1 heteroatoms. The second kappa shape index (κ2) is 3.77. The van der Waals surface area contributed by atoms with E-state index in [0.29, 0.717) is 0 Å². The summed E-state index contributed by atoms with van der Waals surface area (Å²) >= 11 is 3.47. The van der Waals surface area contributed by atoms with Crippen LogP contribution in [0.1, 0.15) is 18.9 Å². The van der Waals surface area contributed by atoms with Crippen molar-refractivity contribution < 1.29 is 0 Å². The Hall–Kier alpha value is -0.300. The summed E-state index contributed by atoms with van der Waals surface area (Å²) in [6, 6.07) is 9.19. The molecule has 0 nitrogen and oxygen atoms in total. The number of benzene rings is 1. The van der Waals surface area contributed by atoms with Crippen LogP contribution in [0.5, 0.6) is 0 Å². The van der Waals surface area contributed by atoms with Gasteiger partial charge in [-0.15, -0.1) is 0 Å². The van der Waals surface area contributed by atoms with Gasteiger partial charge in [-0.3, -0.25) is 0 Å². The minimum Gasteiger partial charge on any atom is -0.0651 e. The first-order valence-electron chi connectivity index (χ1n) is 3.49. The summed E-state index contributed by atoms with van der Waals surface area (Å²) < 4.78 is 1.18. The molecule has 10 heavy (non-hydrogen) atoms. The van der Waals surface area contributed by atoms with Crippen LogP contribution in [0.4, 0.5) is 0 Å². The zero-order valence-corrected chi connectivity index (χ0v) is 7.61. The minimum absolute atomic E-state index is 1.11. The molecule has 0 atom stereocenters. The molecule has 0 aromatic heterocycles. The van der Waals surface area contributed by atoms with Crippen molar-refractivity contribution in [1.29, 1.82) is 0 Å². The molecule has 0 saturated heterocycles. The van der Waals surface area contributed by atoms with Gasteiger partial charge in [0.25, 0.3) is 0 Å². The Morgan fingerprint density at radius 2 is 2.40 bits per heavy atom. The van der Waals surface area contributed by atoms with E-state index in [1.54, 1.807) is 0 Å². The number of halogens is 1. The predicted molar refractivity (Wildman–Crippen MR) is 47.0 cm³/mol. The lowest BCUT2D eigenvalue weighted by Gasteiger charge is -1.98. The van der Waals surface area contributed by atoms with E-state index >= 15 is 0 Å². The summed E-state index contributed by atoms with van der Waals surface area (Å²) in [6.07, 6.45) is 2.29. The van der Waals surface area contributed by atoms with E-state index in [0.717, 1.165) is 6.42 Å².